The third kappa shape index (κ3) is 4.18. The summed E-state index contributed by atoms with van der Waals surface area (Å²) in [6.07, 6.45) is 1.46. The van der Waals surface area contributed by atoms with Gasteiger partial charge in [0.15, 0.2) is 0 Å². The Labute approximate surface area is 200 Å². The molecule has 3 aromatic carbocycles. The van der Waals surface area contributed by atoms with Gasteiger partial charge in [0.25, 0.3) is 15.6 Å². The summed E-state index contributed by atoms with van der Waals surface area (Å²) in [5, 5.41) is 0.323. The van der Waals surface area contributed by atoms with Crippen LogP contribution in [-0.4, -0.2) is 23.0 Å². The first kappa shape index (κ1) is 22.1. The summed E-state index contributed by atoms with van der Waals surface area (Å²) in [5.41, 5.74) is 14.1. The van der Waals surface area contributed by atoms with Crippen molar-refractivity contribution in [2.75, 3.05) is 16.2 Å². The van der Waals surface area contributed by atoms with Gasteiger partial charge in [-0.2, -0.15) is 0 Å². The molecule has 0 aliphatic rings. The van der Waals surface area contributed by atoms with Crippen LogP contribution in [-0.2, 0) is 10.0 Å². The van der Waals surface area contributed by atoms with Gasteiger partial charge in [-0.1, -0.05) is 42.5 Å². The van der Waals surface area contributed by atoms with Crippen molar-refractivity contribution in [1.82, 2.24) is 14.5 Å². The SMILES string of the molecule is Nc1ncc(-c2ccc3nc(N)n(-c4ccccc4)c(=O)c3c2)cc1S(=O)(=O)Nc1ccccc1. The molecule has 5 N–H and O–H groups in total. The zero-order chi connectivity index (χ0) is 24.6. The van der Waals surface area contributed by atoms with E-state index in [1.165, 1.54) is 16.8 Å². The topological polar surface area (TPSA) is 146 Å². The number of nitrogen functional groups attached to an aromatic ring is 2. The summed E-state index contributed by atoms with van der Waals surface area (Å²) in [4.78, 5) is 21.6. The maximum absolute atomic E-state index is 13.3. The van der Waals surface area contributed by atoms with Crippen LogP contribution in [0.4, 0.5) is 17.5 Å². The quantitative estimate of drug-likeness (QED) is 0.346. The number of anilines is 3. The molecule has 0 atom stereocenters. The third-order valence-electron chi connectivity index (χ3n) is 5.44. The second-order valence-electron chi connectivity index (χ2n) is 7.76. The van der Waals surface area contributed by atoms with Crippen LogP contribution in [0.1, 0.15) is 0 Å². The summed E-state index contributed by atoms with van der Waals surface area (Å²) < 4.78 is 29.8. The first-order valence-corrected chi connectivity index (χ1v) is 12.0. The number of benzene rings is 3. The Bertz CT molecular complexity index is 1720. The minimum Gasteiger partial charge on any atom is -0.383 e. The maximum atomic E-state index is 13.3. The standard InChI is InChI=1S/C25H20N6O3S/c26-23-22(35(33,34)30-18-7-3-1-4-8-18)14-17(15-28-23)16-11-12-21-20(13-16)24(32)31(25(27)29-21)19-9-5-2-6-10-19/h1-15,30H,(H2,26,28)(H2,27,29). The number of pyridine rings is 1. The molecule has 0 saturated carbocycles. The van der Waals surface area contributed by atoms with Gasteiger partial charge in [-0.3, -0.25) is 9.52 Å². The number of aromatic nitrogens is 3. The second kappa shape index (κ2) is 8.58. The Balaban J connectivity index is 1.61. The number of hydrogen-bond acceptors (Lipinski definition) is 7. The molecule has 5 aromatic rings. The van der Waals surface area contributed by atoms with E-state index in [0.717, 1.165) is 0 Å². The lowest BCUT2D eigenvalue weighted by molar-refractivity contribution is 0.601. The van der Waals surface area contributed by atoms with Crippen LogP contribution in [0.15, 0.2) is 101 Å². The maximum Gasteiger partial charge on any atom is 0.267 e. The molecule has 0 amide bonds. The van der Waals surface area contributed by atoms with Crippen molar-refractivity contribution < 1.29 is 8.42 Å². The molecule has 0 aliphatic carbocycles. The summed E-state index contributed by atoms with van der Waals surface area (Å²) in [7, 11) is -4.01. The van der Waals surface area contributed by atoms with E-state index in [0.29, 0.717) is 33.4 Å². The minimum atomic E-state index is -4.01. The Kier molecular flexibility index (Phi) is 5.42. The average molecular weight is 485 g/mol. The number of hydrogen-bond donors (Lipinski definition) is 3. The number of rotatable bonds is 5. The van der Waals surface area contributed by atoms with Crippen molar-refractivity contribution in [2.24, 2.45) is 0 Å². The van der Waals surface area contributed by atoms with Crippen LogP contribution >= 0.6 is 0 Å². The minimum absolute atomic E-state index is 0.0657. The molecule has 2 heterocycles. The van der Waals surface area contributed by atoms with Gasteiger partial charge in [-0.05, 0) is 48.0 Å². The fraction of sp³-hybridized carbons (Fsp3) is 0. The van der Waals surface area contributed by atoms with Gasteiger partial charge in [0.1, 0.15) is 10.7 Å². The van der Waals surface area contributed by atoms with E-state index in [9.17, 15) is 13.2 Å². The highest BCUT2D eigenvalue weighted by Gasteiger charge is 2.20. The van der Waals surface area contributed by atoms with Crippen molar-refractivity contribution in [3.63, 3.8) is 0 Å². The molecule has 2 aromatic heterocycles. The largest absolute Gasteiger partial charge is 0.383 e. The molecule has 35 heavy (non-hydrogen) atoms. The van der Waals surface area contributed by atoms with Crippen LogP contribution < -0.4 is 21.7 Å². The summed E-state index contributed by atoms with van der Waals surface area (Å²) in [6, 6.07) is 23.9. The van der Waals surface area contributed by atoms with E-state index >= 15 is 0 Å². The molecule has 0 radical (unpaired) electrons. The highest BCUT2D eigenvalue weighted by molar-refractivity contribution is 7.92. The molecule has 174 valence electrons. The molecule has 0 aliphatic heterocycles. The van der Waals surface area contributed by atoms with Crippen LogP contribution in [0.5, 0.6) is 0 Å². The molecule has 0 bridgehead atoms. The zero-order valence-electron chi connectivity index (χ0n) is 18.3. The van der Waals surface area contributed by atoms with E-state index in [1.807, 2.05) is 6.07 Å². The molecule has 0 fully saturated rings. The predicted octanol–water partition coefficient (Wildman–Crippen LogP) is 3.41. The van der Waals surface area contributed by atoms with Crippen LogP contribution in [0.25, 0.3) is 27.7 Å². The number of para-hydroxylation sites is 2. The van der Waals surface area contributed by atoms with Gasteiger partial charge in [-0.25, -0.2) is 23.0 Å². The fourth-order valence-electron chi connectivity index (χ4n) is 3.75. The Hall–Kier alpha value is -4.70. The first-order chi connectivity index (χ1) is 16.8. The van der Waals surface area contributed by atoms with E-state index in [1.54, 1.807) is 72.8 Å². The van der Waals surface area contributed by atoms with Crippen molar-refractivity contribution >= 4 is 38.4 Å². The van der Waals surface area contributed by atoms with E-state index in [4.69, 9.17) is 11.5 Å². The average Bonchev–Trinajstić information content (AvgIpc) is 2.85. The molecular weight excluding hydrogens is 464 g/mol. The van der Waals surface area contributed by atoms with Crippen LogP contribution in [0.3, 0.4) is 0 Å². The lowest BCUT2D eigenvalue weighted by Gasteiger charge is -2.13. The van der Waals surface area contributed by atoms with Crippen molar-refractivity contribution in [3.05, 3.63) is 101 Å². The number of nitrogens with two attached hydrogens (primary N) is 2. The monoisotopic (exact) mass is 484 g/mol. The van der Waals surface area contributed by atoms with Crippen LogP contribution in [0.2, 0.25) is 0 Å². The number of fused-ring (bicyclic) bond motifs is 1. The van der Waals surface area contributed by atoms with Crippen molar-refractivity contribution in [2.45, 2.75) is 4.90 Å². The van der Waals surface area contributed by atoms with Gasteiger partial charge in [0.2, 0.25) is 5.95 Å². The second-order valence-corrected chi connectivity index (χ2v) is 9.41. The zero-order valence-corrected chi connectivity index (χ0v) is 19.1. The molecule has 5 rings (SSSR count). The highest BCUT2D eigenvalue weighted by atomic mass is 32.2. The van der Waals surface area contributed by atoms with Gasteiger partial charge < -0.3 is 11.5 Å². The number of nitrogens with one attached hydrogen (secondary N) is 1. The van der Waals surface area contributed by atoms with E-state index in [-0.39, 0.29) is 22.2 Å². The molecule has 0 spiro atoms. The highest BCUT2D eigenvalue weighted by Crippen LogP contribution is 2.28. The van der Waals surface area contributed by atoms with Gasteiger partial charge in [0.05, 0.1) is 16.6 Å². The molecule has 10 heteroatoms. The van der Waals surface area contributed by atoms with E-state index < -0.39 is 10.0 Å². The van der Waals surface area contributed by atoms with E-state index in [2.05, 4.69) is 14.7 Å². The third-order valence-corrected chi connectivity index (χ3v) is 6.85. The molecule has 9 nitrogen and oxygen atoms in total. The lowest BCUT2D eigenvalue weighted by atomic mass is 10.1. The van der Waals surface area contributed by atoms with Gasteiger partial charge in [-0.15, -0.1) is 0 Å². The summed E-state index contributed by atoms with van der Waals surface area (Å²) in [6.45, 7) is 0. The molecule has 0 unspecified atom stereocenters. The Morgan fingerprint density at radius 3 is 2.23 bits per heavy atom. The van der Waals surface area contributed by atoms with Gasteiger partial charge >= 0.3 is 0 Å². The normalized spacial score (nSPS) is 11.4. The Morgan fingerprint density at radius 2 is 1.51 bits per heavy atom. The molecule has 0 saturated heterocycles. The van der Waals surface area contributed by atoms with Crippen molar-refractivity contribution in [1.29, 1.82) is 0 Å². The number of sulfonamides is 1. The molecular formula is C25H20N6O3S. The smallest absolute Gasteiger partial charge is 0.267 e. The van der Waals surface area contributed by atoms with Crippen molar-refractivity contribution in [3.8, 4) is 16.8 Å². The predicted molar refractivity (Wildman–Crippen MR) is 137 cm³/mol. The fourth-order valence-corrected chi connectivity index (χ4v) is 4.92. The first-order valence-electron chi connectivity index (χ1n) is 10.5. The Morgan fingerprint density at radius 1 is 0.829 bits per heavy atom. The van der Waals surface area contributed by atoms with Gasteiger partial charge in [0, 0.05) is 17.4 Å². The van der Waals surface area contributed by atoms with Crippen LogP contribution in [0, 0.1) is 0 Å². The summed E-state index contributed by atoms with van der Waals surface area (Å²) in [5.74, 6) is -0.0742. The summed E-state index contributed by atoms with van der Waals surface area (Å²) >= 11 is 0. The number of nitrogens with zero attached hydrogens (tertiary/aromatic N) is 3. The lowest BCUT2D eigenvalue weighted by Crippen LogP contribution is -2.23.